The van der Waals surface area contributed by atoms with Gasteiger partial charge in [0.25, 0.3) is 10.0 Å². The lowest BCUT2D eigenvalue weighted by Crippen LogP contribution is -2.31. The van der Waals surface area contributed by atoms with Crippen molar-refractivity contribution in [2.24, 2.45) is 5.92 Å². The van der Waals surface area contributed by atoms with Crippen LogP contribution in [0.5, 0.6) is 0 Å². The molecule has 0 bridgehead atoms. The van der Waals surface area contributed by atoms with Crippen molar-refractivity contribution in [3.63, 3.8) is 0 Å². The number of hydrogen-bond acceptors (Lipinski definition) is 7. The fourth-order valence-electron chi connectivity index (χ4n) is 4.67. The Hall–Kier alpha value is -1.81. The molecule has 1 aliphatic carbocycles. The van der Waals surface area contributed by atoms with Gasteiger partial charge in [-0.2, -0.15) is 0 Å². The summed E-state index contributed by atoms with van der Waals surface area (Å²) in [5.41, 5.74) is 2.99. The number of sulfonamides is 1. The van der Waals surface area contributed by atoms with Crippen LogP contribution in [0.25, 0.3) is 0 Å². The molecule has 0 amide bonds. The maximum Gasteiger partial charge on any atom is 0.340 e. The molecule has 2 aromatic heterocycles. The quantitative estimate of drug-likeness (QED) is 0.613. The summed E-state index contributed by atoms with van der Waals surface area (Å²) in [6.45, 7) is 4.42. The summed E-state index contributed by atoms with van der Waals surface area (Å²) in [4.78, 5) is 20.3. The van der Waals surface area contributed by atoms with E-state index in [0.717, 1.165) is 54.1 Å². The van der Waals surface area contributed by atoms with Gasteiger partial charge in [-0.15, -0.1) is 11.3 Å². The third kappa shape index (κ3) is 5.22. The molecule has 3 heterocycles. The van der Waals surface area contributed by atoms with Crippen LogP contribution in [0.3, 0.4) is 0 Å². The number of rotatable bonds is 7. The van der Waals surface area contributed by atoms with Crippen LogP contribution in [0.4, 0.5) is 0 Å². The summed E-state index contributed by atoms with van der Waals surface area (Å²) < 4.78 is 34.3. The van der Waals surface area contributed by atoms with E-state index in [1.54, 1.807) is 0 Å². The van der Waals surface area contributed by atoms with Crippen LogP contribution in [0, 0.1) is 12.8 Å². The van der Waals surface area contributed by atoms with E-state index in [0.29, 0.717) is 32.0 Å². The molecule has 1 aliphatic heterocycles. The Morgan fingerprint density at radius 3 is 2.78 bits per heavy atom. The maximum absolute atomic E-state index is 13.2. The Morgan fingerprint density at radius 2 is 2.06 bits per heavy atom. The SMILES string of the molecule is COC(=O)c1c(S(=O)(=O)NCC2CCCCC2)sc2c1CCN(Cc1cccc(C)n1)C2. The minimum Gasteiger partial charge on any atom is -0.465 e. The van der Waals surface area contributed by atoms with E-state index in [1.165, 1.54) is 24.9 Å². The number of carbonyl (C=O) groups is 1. The van der Waals surface area contributed by atoms with Gasteiger partial charge >= 0.3 is 5.97 Å². The number of hydrogen-bond donors (Lipinski definition) is 1. The zero-order valence-electron chi connectivity index (χ0n) is 18.7. The van der Waals surface area contributed by atoms with Gasteiger partial charge in [0.15, 0.2) is 0 Å². The number of ether oxygens (including phenoxy) is 1. The van der Waals surface area contributed by atoms with Gasteiger partial charge in [-0.3, -0.25) is 9.88 Å². The number of carbonyl (C=O) groups excluding carboxylic acids is 1. The topological polar surface area (TPSA) is 88.6 Å². The van der Waals surface area contributed by atoms with E-state index in [-0.39, 0.29) is 9.77 Å². The van der Waals surface area contributed by atoms with E-state index in [2.05, 4.69) is 14.6 Å². The van der Waals surface area contributed by atoms with Crippen LogP contribution >= 0.6 is 11.3 Å². The fraction of sp³-hybridized carbons (Fsp3) is 0.565. The average Bonchev–Trinajstić information content (AvgIpc) is 3.18. The molecular weight excluding hydrogens is 446 g/mol. The number of aryl methyl sites for hydroxylation is 1. The van der Waals surface area contributed by atoms with Crippen molar-refractivity contribution in [1.29, 1.82) is 0 Å². The molecule has 174 valence electrons. The Bertz CT molecular complexity index is 1070. The minimum atomic E-state index is -3.78. The van der Waals surface area contributed by atoms with Gasteiger partial charge in [0.1, 0.15) is 4.21 Å². The minimum absolute atomic E-state index is 0.0979. The Labute approximate surface area is 194 Å². The molecule has 0 radical (unpaired) electrons. The number of methoxy groups -OCH3 is 1. The normalized spacial score (nSPS) is 17.8. The van der Waals surface area contributed by atoms with Gasteiger partial charge in [0, 0.05) is 36.8 Å². The molecule has 2 aromatic rings. The molecule has 0 atom stereocenters. The van der Waals surface area contributed by atoms with Crippen LogP contribution in [0.1, 0.15) is 64.3 Å². The van der Waals surface area contributed by atoms with Crippen LogP contribution in [-0.4, -0.2) is 44.5 Å². The average molecular weight is 478 g/mol. The third-order valence-corrected chi connectivity index (χ3v) is 9.51. The monoisotopic (exact) mass is 477 g/mol. The lowest BCUT2D eigenvalue weighted by molar-refractivity contribution is 0.0595. The predicted octanol–water partition coefficient (Wildman–Crippen LogP) is 3.66. The molecule has 2 aliphatic rings. The van der Waals surface area contributed by atoms with E-state index in [1.807, 2.05) is 25.1 Å². The lowest BCUT2D eigenvalue weighted by atomic mass is 9.90. The first kappa shape index (κ1) is 23.4. The summed E-state index contributed by atoms with van der Waals surface area (Å²) in [6.07, 6.45) is 6.24. The fourth-order valence-corrected chi connectivity index (χ4v) is 7.75. The maximum atomic E-state index is 13.2. The number of pyridine rings is 1. The van der Waals surface area contributed by atoms with E-state index >= 15 is 0 Å². The third-order valence-electron chi connectivity index (χ3n) is 6.36. The molecule has 7 nitrogen and oxygen atoms in total. The standard InChI is InChI=1S/C23H31N3O4S2/c1-16-7-6-10-18(25-16)14-26-12-11-19-20(15-26)31-23(21(19)22(27)30-2)32(28,29)24-13-17-8-4-3-5-9-17/h6-7,10,17,24H,3-5,8-9,11-15H2,1-2H3. The Morgan fingerprint density at radius 1 is 1.28 bits per heavy atom. The first-order chi connectivity index (χ1) is 15.4. The predicted molar refractivity (Wildman–Crippen MR) is 124 cm³/mol. The number of aromatic nitrogens is 1. The highest BCUT2D eigenvalue weighted by molar-refractivity contribution is 7.91. The highest BCUT2D eigenvalue weighted by atomic mass is 32.2. The molecule has 0 aromatic carbocycles. The molecule has 1 N–H and O–H groups in total. The van der Waals surface area contributed by atoms with Crippen LogP contribution in [0.15, 0.2) is 22.4 Å². The van der Waals surface area contributed by atoms with Crippen molar-refractivity contribution in [3.8, 4) is 0 Å². The second kappa shape index (κ2) is 9.99. The van der Waals surface area contributed by atoms with Crippen molar-refractivity contribution in [2.75, 3.05) is 20.2 Å². The smallest absolute Gasteiger partial charge is 0.340 e. The Balaban J connectivity index is 1.56. The molecule has 0 spiro atoms. The highest BCUT2D eigenvalue weighted by Crippen LogP contribution is 2.37. The summed E-state index contributed by atoms with van der Waals surface area (Å²) in [6, 6.07) is 5.97. The molecule has 1 saturated carbocycles. The molecule has 9 heteroatoms. The Kier molecular flexibility index (Phi) is 7.29. The summed E-state index contributed by atoms with van der Waals surface area (Å²) >= 11 is 1.20. The molecule has 32 heavy (non-hydrogen) atoms. The van der Waals surface area contributed by atoms with Crippen LogP contribution in [-0.2, 0) is 34.3 Å². The zero-order chi connectivity index (χ0) is 22.7. The molecular formula is C23H31N3O4S2. The lowest BCUT2D eigenvalue weighted by Gasteiger charge is -2.26. The molecule has 0 saturated heterocycles. The van der Waals surface area contributed by atoms with Crippen molar-refractivity contribution in [3.05, 3.63) is 45.6 Å². The van der Waals surface area contributed by atoms with Crippen molar-refractivity contribution >= 4 is 27.3 Å². The largest absolute Gasteiger partial charge is 0.465 e. The summed E-state index contributed by atoms with van der Waals surface area (Å²) in [7, 11) is -2.48. The number of fused-ring (bicyclic) bond motifs is 1. The number of esters is 1. The van der Waals surface area contributed by atoms with Gasteiger partial charge in [0.2, 0.25) is 0 Å². The van der Waals surface area contributed by atoms with Gasteiger partial charge < -0.3 is 4.74 Å². The van der Waals surface area contributed by atoms with E-state index in [4.69, 9.17) is 4.74 Å². The van der Waals surface area contributed by atoms with Crippen molar-refractivity contribution in [2.45, 2.75) is 62.7 Å². The molecule has 1 fully saturated rings. The first-order valence-corrected chi connectivity index (χ1v) is 13.5. The highest BCUT2D eigenvalue weighted by Gasteiger charge is 2.34. The summed E-state index contributed by atoms with van der Waals surface area (Å²) in [5, 5.41) is 0. The first-order valence-electron chi connectivity index (χ1n) is 11.2. The van der Waals surface area contributed by atoms with Gasteiger partial charge in [0.05, 0.1) is 18.4 Å². The number of nitrogens with one attached hydrogen (secondary N) is 1. The van der Waals surface area contributed by atoms with E-state index in [9.17, 15) is 13.2 Å². The second-order valence-corrected chi connectivity index (χ2v) is 11.8. The zero-order valence-corrected chi connectivity index (χ0v) is 20.4. The second-order valence-electron chi connectivity index (χ2n) is 8.74. The van der Waals surface area contributed by atoms with Crippen LogP contribution in [0.2, 0.25) is 0 Å². The molecule has 0 unspecified atom stereocenters. The van der Waals surface area contributed by atoms with Gasteiger partial charge in [-0.25, -0.2) is 17.9 Å². The van der Waals surface area contributed by atoms with Crippen molar-refractivity contribution in [1.82, 2.24) is 14.6 Å². The van der Waals surface area contributed by atoms with Gasteiger partial charge in [-0.05, 0) is 49.8 Å². The summed E-state index contributed by atoms with van der Waals surface area (Å²) in [5.74, 6) is -0.207. The van der Waals surface area contributed by atoms with Gasteiger partial charge in [-0.1, -0.05) is 25.3 Å². The molecule has 4 rings (SSSR count). The number of thiophene rings is 1. The van der Waals surface area contributed by atoms with Crippen LogP contribution < -0.4 is 4.72 Å². The van der Waals surface area contributed by atoms with E-state index < -0.39 is 16.0 Å². The van der Waals surface area contributed by atoms with Crippen molar-refractivity contribution < 1.29 is 17.9 Å². The number of nitrogens with zero attached hydrogens (tertiary/aromatic N) is 2.